The van der Waals surface area contributed by atoms with Crippen LogP contribution in [-0.2, 0) is 4.74 Å². The predicted molar refractivity (Wildman–Crippen MR) is 45.1 cm³/mol. The van der Waals surface area contributed by atoms with Crippen LogP contribution >= 0.6 is 0 Å². The number of nitrogens with zero attached hydrogens (tertiary/aromatic N) is 1. The van der Waals surface area contributed by atoms with E-state index in [1.54, 1.807) is 0 Å². The molecule has 2 aliphatic rings. The van der Waals surface area contributed by atoms with Crippen LogP contribution in [0.3, 0.4) is 0 Å². The summed E-state index contributed by atoms with van der Waals surface area (Å²) in [5, 5.41) is 12.8. The third kappa shape index (κ3) is 1.61. The fourth-order valence-electron chi connectivity index (χ4n) is 1.89. The molecule has 2 saturated heterocycles. The Morgan fingerprint density at radius 2 is 2.00 bits per heavy atom. The number of aliphatic hydroxyl groups is 1. The zero-order valence-electron chi connectivity index (χ0n) is 7.20. The number of aliphatic hydroxyl groups excluding tert-OH is 1. The highest BCUT2D eigenvalue weighted by Crippen LogP contribution is 2.13. The van der Waals surface area contributed by atoms with E-state index in [1.807, 2.05) is 0 Å². The summed E-state index contributed by atoms with van der Waals surface area (Å²) in [4.78, 5) is 2.31. The lowest BCUT2D eigenvalue weighted by Crippen LogP contribution is -2.52. The van der Waals surface area contributed by atoms with Gasteiger partial charge in [0, 0.05) is 26.2 Å². The molecule has 2 rings (SSSR count). The second kappa shape index (κ2) is 3.70. The molecule has 0 unspecified atom stereocenters. The molecule has 2 aliphatic heterocycles. The van der Waals surface area contributed by atoms with Crippen LogP contribution in [-0.4, -0.2) is 61.5 Å². The fourth-order valence-corrected chi connectivity index (χ4v) is 1.89. The summed E-state index contributed by atoms with van der Waals surface area (Å²) in [7, 11) is 0. The van der Waals surface area contributed by atoms with Crippen LogP contribution in [0.2, 0.25) is 0 Å². The minimum Gasteiger partial charge on any atom is -0.389 e. The van der Waals surface area contributed by atoms with E-state index in [1.165, 1.54) is 0 Å². The van der Waals surface area contributed by atoms with Gasteiger partial charge >= 0.3 is 0 Å². The maximum Gasteiger partial charge on any atom is 0.0950 e. The molecule has 0 aliphatic carbocycles. The molecule has 0 aromatic heterocycles. The Kier molecular flexibility index (Phi) is 2.60. The molecule has 2 heterocycles. The topological polar surface area (TPSA) is 44.7 Å². The number of rotatable bonds is 1. The average Bonchev–Trinajstić information content (AvgIpc) is 2.53. The van der Waals surface area contributed by atoms with Gasteiger partial charge in [0.1, 0.15) is 0 Å². The molecule has 70 valence electrons. The fraction of sp³-hybridized carbons (Fsp3) is 1.00. The van der Waals surface area contributed by atoms with Crippen molar-refractivity contribution < 1.29 is 9.84 Å². The van der Waals surface area contributed by atoms with Gasteiger partial charge < -0.3 is 15.2 Å². The van der Waals surface area contributed by atoms with Crippen molar-refractivity contribution in [3.63, 3.8) is 0 Å². The Labute approximate surface area is 72.5 Å². The normalized spacial score (nSPS) is 38.8. The maximum atomic E-state index is 9.55. The van der Waals surface area contributed by atoms with Crippen LogP contribution in [0, 0.1) is 0 Å². The van der Waals surface area contributed by atoms with Crippen LogP contribution in [0.25, 0.3) is 0 Å². The highest BCUT2D eigenvalue weighted by molar-refractivity contribution is 4.85. The van der Waals surface area contributed by atoms with Gasteiger partial charge in [0.15, 0.2) is 0 Å². The molecular weight excluding hydrogens is 156 g/mol. The van der Waals surface area contributed by atoms with Gasteiger partial charge in [-0.05, 0) is 0 Å². The van der Waals surface area contributed by atoms with Gasteiger partial charge in [-0.2, -0.15) is 0 Å². The van der Waals surface area contributed by atoms with Gasteiger partial charge in [-0.1, -0.05) is 0 Å². The standard InChI is InChI=1S/C8H16N2O2/c11-8-6-12-5-7(8)10-3-1-9-2-4-10/h7-9,11H,1-6H2/t7-,8-/m0/s1. The highest BCUT2D eigenvalue weighted by atomic mass is 16.5. The third-order valence-corrected chi connectivity index (χ3v) is 2.64. The summed E-state index contributed by atoms with van der Waals surface area (Å²) in [5.41, 5.74) is 0. The lowest BCUT2D eigenvalue weighted by Gasteiger charge is -2.33. The molecule has 4 nitrogen and oxygen atoms in total. The lowest BCUT2D eigenvalue weighted by atomic mass is 10.1. The minimum absolute atomic E-state index is 0.243. The predicted octanol–water partition coefficient (Wildman–Crippen LogP) is -1.35. The first-order chi connectivity index (χ1) is 5.88. The van der Waals surface area contributed by atoms with Gasteiger partial charge in [0.2, 0.25) is 0 Å². The molecular formula is C8H16N2O2. The summed E-state index contributed by atoms with van der Waals surface area (Å²) in [6.45, 7) is 5.33. The van der Waals surface area contributed by atoms with Crippen LogP contribution in [0.4, 0.5) is 0 Å². The monoisotopic (exact) mass is 172 g/mol. The Morgan fingerprint density at radius 3 is 2.58 bits per heavy atom. The summed E-state index contributed by atoms with van der Waals surface area (Å²) >= 11 is 0. The first-order valence-corrected chi connectivity index (χ1v) is 4.58. The molecule has 4 heteroatoms. The Morgan fingerprint density at radius 1 is 1.25 bits per heavy atom. The van der Waals surface area contributed by atoms with Crippen molar-refractivity contribution in [1.82, 2.24) is 10.2 Å². The number of piperazine rings is 1. The summed E-state index contributed by atoms with van der Waals surface area (Å²) < 4.78 is 5.21. The number of nitrogens with one attached hydrogen (secondary N) is 1. The maximum absolute atomic E-state index is 9.55. The van der Waals surface area contributed by atoms with Crippen molar-refractivity contribution >= 4 is 0 Å². The van der Waals surface area contributed by atoms with E-state index >= 15 is 0 Å². The van der Waals surface area contributed by atoms with Crippen molar-refractivity contribution in [2.24, 2.45) is 0 Å². The molecule has 0 saturated carbocycles. The second-order valence-corrected chi connectivity index (χ2v) is 3.46. The van der Waals surface area contributed by atoms with E-state index in [4.69, 9.17) is 4.74 Å². The number of hydrogen-bond acceptors (Lipinski definition) is 4. The average molecular weight is 172 g/mol. The van der Waals surface area contributed by atoms with Crippen molar-refractivity contribution in [3.05, 3.63) is 0 Å². The van der Waals surface area contributed by atoms with Gasteiger partial charge in [-0.3, -0.25) is 4.90 Å². The van der Waals surface area contributed by atoms with Crippen LogP contribution in [0.1, 0.15) is 0 Å². The Hall–Kier alpha value is -0.160. The number of hydrogen-bond donors (Lipinski definition) is 2. The molecule has 0 radical (unpaired) electrons. The smallest absolute Gasteiger partial charge is 0.0950 e. The SMILES string of the molecule is O[C@H]1COC[C@@H]1N1CCNCC1. The first kappa shape index (κ1) is 8.44. The Balaban J connectivity index is 1.89. The zero-order chi connectivity index (χ0) is 8.39. The molecule has 2 fully saturated rings. The summed E-state index contributed by atoms with van der Waals surface area (Å²) in [6, 6.07) is 0.243. The minimum atomic E-state index is -0.275. The van der Waals surface area contributed by atoms with E-state index < -0.39 is 0 Å². The van der Waals surface area contributed by atoms with Crippen LogP contribution < -0.4 is 5.32 Å². The van der Waals surface area contributed by atoms with Crippen molar-refractivity contribution in [2.45, 2.75) is 12.1 Å². The molecule has 0 spiro atoms. The molecule has 0 amide bonds. The van der Waals surface area contributed by atoms with E-state index in [9.17, 15) is 5.11 Å². The second-order valence-electron chi connectivity index (χ2n) is 3.46. The molecule has 2 atom stereocenters. The van der Waals surface area contributed by atoms with Crippen LogP contribution in [0.5, 0.6) is 0 Å². The largest absolute Gasteiger partial charge is 0.389 e. The molecule has 0 aromatic carbocycles. The summed E-state index contributed by atoms with van der Waals surface area (Å²) in [6.07, 6.45) is -0.275. The Bertz CT molecular complexity index is 148. The number of ether oxygens (including phenoxy) is 1. The third-order valence-electron chi connectivity index (χ3n) is 2.64. The zero-order valence-corrected chi connectivity index (χ0v) is 7.20. The quantitative estimate of drug-likeness (QED) is 0.513. The van der Waals surface area contributed by atoms with Crippen LogP contribution in [0.15, 0.2) is 0 Å². The highest BCUT2D eigenvalue weighted by Gasteiger charge is 2.31. The van der Waals surface area contributed by atoms with E-state index in [2.05, 4.69) is 10.2 Å². The van der Waals surface area contributed by atoms with Crippen molar-refractivity contribution in [1.29, 1.82) is 0 Å². The summed E-state index contributed by atoms with van der Waals surface area (Å²) in [5.74, 6) is 0. The van der Waals surface area contributed by atoms with Gasteiger partial charge in [0.05, 0.1) is 25.4 Å². The molecule has 12 heavy (non-hydrogen) atoms. The van der Waals surface area contributed by atoms with Gasteiger partial charge in [-0.15, -0.1) is 0 Å². The van der Waals surface area contributed by atoms with Crippen molar-refractivity contribution in [2.75, 3.05) is 39.4 Å². The first-order valence-electron chi connectivity index (χ1n) is 4.58. The molecule has 0 aromatic rings. The van der Waals surface area contributed by atoms with Gasteiger partial charge in [-0.25, -0.2) is 0 Å². The van der Waals surface area contributed by atoms with Crippen molar-refractivity contribution in [3.8, 4) is 0 Å². The van der Waals surface area contributed by atoms with E-state index in [0.717, 1.165) is 26.2 Å². The van der Waals surface area contributed by atoms with E-state index in [0.29, 0.717) is 13.2 Å². The molecule has 2 N–H and O–H groups in total. The van der Waals surface area contributed by atoms with Gasteiger partial charge in [0.25, 0.3) is 0 Å². The lowest BCUT2D eigenvalue weighted by molar-refractivity contribution is 0.0746. The van der Waals surface area contributed by atoms with E-state index in [-0.39, 0.29) is 12.1 Å². The molecule has 0 bridgehead atoms.